The van der Waals surface area contributed by atoms with E-state index in [0.717, 1.165) is 19.5 Å². The highest BCUT2D eigenvalue weighted by Crippen LogP contribution is 2.15. The quantitative estimate of drug-likeness (QED) is 0.707. The number of ether oxygens (including phenoxy) is 1. The predicted octanol–water partition coefficient (Wildman–Crippen LogP) is 1.31. The number of amides is 1. The first-order valence-corrected chi connectivity index (χ1v) is 6.81. The van der Waals surface area contributed by atoms with Gasteiger partial charge in [0.05, 0.1) is 6.10 Å². The molecule has 2 unspecified atom stereocenters. The normalized spacial score (nSPS) is 22.1. The van der Waals surface area contributed by atoms with Crippen molar-refractivity contribution in [3.8, 4) is 0 Å². The number of rotatable bonds is 7. The van der Waals surface area contributed by atoms with Gasteiger partial charge in [-0.1, -0.05) is 0 Å². The van der Waals surface area contributed by atoms with Crippen molar-refractivity contribution < 1.29 is 9.53 Å². The first-order valence-electron chi connectivity index (χ1n) is 6.81. The van der Waals surface area contributed by atoms with Gasteiger partial charge in [0.2, 0.25) is 5.91 Å². The smallest absolute Gasteiger partial charge is 0.220 e. The van der Waals surface area contributed by atoms with Crippen molar-refractivity contribution in [3.63, 3.8) is 0 Å². The molecule has 2 atom stereocenters. The highest BCUT2D eigenvalue weighted by Gasteiger charge is 2.14. The number of hydrogen-bond acceptors (Lipinski definition) is 3. The van der Waals surface area contributed by atoms with E-state index in [1.165, 1.54) is 12.8 Å². The Kier molecular flexibility index (Phi) is 7.21. The maximum atomic E-state index is 11.6. The van der Waals surface area contributed by atoms with Crippen LogP contribution in [0.3, 0.4) is 0 Å². The summed E-state index contributed by atoms with van der Waals surface area (Å²) in [6.07, 6.45) is 4.26. The van der Waals surface area contributed by atoms with E-state index >= 15 is 0 Å². The fraction of sp³-hybridized carbons (Fsp3) is 0.923. The van der Waals surface area contributed by atoms with Gasteiger partial charge in [0.1, 0.15) is 0 Å². The minimum absolute atomic E-state index is 0.111. The summed E-state index contributed by atoms with van der Waals surface area (Å²) in [5, 5.41) is 6.30. The number of nitrogens with one attached hydrogen (secondary N) is 2. The van der Waals surface area contributed by atoms with Crippen molar-refractivity contribution in [2.75, 3.05) is 26.2 Å². The molecule has 1 aliphatic heterocycles. The largest absolute Gasteiger partial charge is 0.377 e. The third-order valence-electron chi connectivity index (χ3n) is 3.22. The van der Waals surface area contributed by atoms with Crippen molar-refractivity contribution in [1.82, 2.24) is 10.6 Å². The van der Waals surface area contributed by atoms with Crippen LogP contribution in [0.1, 0.15) is 39.5 Å². The highest BCUT2D eigenvalue weighted by atomic mass is 16.5. The van der Waals surface area contributed by atoms with Gasteiger partial charge < -0.3 is 15.4 Å². The SMILES string of the molecule is CCOC(C)CNC(=O)CCC1CCCNC1. The molecule has 1 fully saturated rings. The van der Waals surface area contributed by atoms with E-state index in [1.807, 2.05) is 13.8 Å². The number of piperidine rings is 1. The Morgan fingerprint density at radius 1 is 1.59 bits per heavy atom. The van der Waals surface area contributed by atoms with Crippen LogP contribution in [0.5, 0.6) is 0 Å². The topological polar surface area (TPSA) is 50.4 Å². The fourth-order valence-electron chi connectivity index (χ4n) is 2.19. The number of carbonyl (C=O) groups is 1. The Labute approximate surface area is 104 Å². The van der Waals surface area contributed by atoms with Crippen molar-refractivity contribution in [3.05, 3.63) is 0 Å². The van der Waals surface area contributed by atoms with Crippen molar-refractivity contribution in [2.45, 2.75) is 45.6 Å². The van der Waals surface area contributed by atoms with Crippen molar-refractivity contribution in [2.24, 2.45) is 5.92 Å². The Morgan fingerprint density at radius 2 is 2.41 bits per heavy atom. The minimum atomic E-state index is 0.111. The monoisotopic (exact) mass is 242 g/mol. The molecular weight excluding hydrogens is 216 g/mol. The summed E-state index contributed by atoms with van der Waals surface area (Å²) in [7, 11) is 0. The Bertz CT molecular complexity index is 215. The summed E-state index contributed by atoms with van der Waals surface area (Å²) in [4.78, 5) is 11.6. The lowest BCUT2D eigenvalue weighted by Gasteiger charge is -2.22. The van der Waals surface area contributed by atoms with Gasteiger partial charge in [-0.3, -0.25) is 4.79 Å². The molecule has 17 heavy (non-hydrogen) atoms. The molecule has 1 rings (SSSR count). The molecule has 1 heterocycles. The van der Waals surface area contributed by atoms with Crippen LogP contribution in [0.25, 0.3) is 0 Å². The zero-order valence-corrected chi connectivity index (χ0v) is 11.1. The lowest BCUT2D eigenvalue weighted by Crippen LogP contribution is -2.34. The van der Waals surface area contributed by atoms with Gasteiger partial charge in [-0.15, -0.1) is 0 Å². The predicted molar refractivity (Wildman–Crippen MR) is 68.9 cm³/mol. The van der Waals surface area contributed by atoms with E-state index in [0.29, 0.717) is 25.5 Å². The standard InChI is InChI=1S/C13H26N2O2/c1-3-17-11(2)9-15-13(16)7-6-12-5-4-8-14-10-12/h11-12,14H,3-10H2,1-2H3,(H,15,16). The van der Waals surface area contributed by atoms with E-state index in [9.17, 15) is 4.79 Å². The molecule has 0 saturated carbocycles. The summed E-state index contributed by atoms with van der Waals surface area (Å²) >= 11 is 0. The van der Waals surface area contributed by atoms with Gasteiger partial charge in [0.25, 0.3) is 0 Å². The zero-order valence-electron chi connectivity index (χ0n) is 11.1. The average Bonchev–Trinajstić information content (AvgIpc) is 2.35. The molecule has 0 aromatic rings. The van der Waals surface area contributed by atoms with Gasteiger partial charge in [0.15, 0.2) is 0 Å². The molecular formula is C13H26N2O2. The van der Waals surface area contributed by atoms with Crippen LogP contribution < -0.4 is 10.6 Å². The number of hydrogen-bond donors (Lipinski definition) is 2. The van der Waals surface area contributed by atoms with Gasteiger partial charge in [-0.25, -0.2) is 0 Å². The van der Waals surface area contributed by atoms with Crippen LogP contribution in [-0.4, -0.2) is 38.3 Å². The van der Waals surface area contributed by atoms with E-state index < -0.39 is 0 Å². The Morgan fingerprint density at radius 3 is 3.06 bits per heavy atom. The minimum Gasteiger partial charge on any atom is -0.377 e. The molecule has 0 aliphatic carbocycles. The van der Waals surface area contributed by atoms with E-state index in [2.05, 4.69) is 10.6 Å². The molecule has 0 spiro atoms. The lowest BCUT2D eigenvalue weighted by molar-refractivity contribution is -0.122. The second-order valence-electron chi connectivity index (χ2n) is 4.82. The fourth-order valence-corrected chi connectivity index (χ4v) is 2.19. The summed E-state index contributed by atoms with van der Waals surface area (Å²) in [6, 6.07) is 0. The Balaban J connectivity index is 2.04. The molecule has 1 aliphatic rings. The van der Waals surface area contributed by atoms with E-state index in [1.54, 1.807) is 0 Å². The van der Waals surface area contributed by atoms with Crippen molar-refractivity contribution in [1.29, 1.82) is 0 Å². The van der Waals surface area contributed by atoms with Gasteiger partial charge >= 0.3 is 0 Å². The van der Waals surface area contributed by atoms with Gasteiger partial charge in [-0.2, -0.15) is 0 Å². The van der Waals surface area contributed by atoms with E-state index in [4.69, 9.17) is 4.74 Å². The molecule has 0 radical (unpaired) electrons. The van der Waals surface area contributed by atoms with Gasteiger partial charge in [-0.05, 0) is 52.1 Å². The molecule has 1 amide bonds. The summed E-state index contributed by atoms with van der Waals surface area (Å²) < 4.78 is 5.36. The second kappa shape index (κ2) is 8.48. The molecule has 4 heteroatoms. The maximum Gasteiger partial charge on any atom is 0.220 e. The highest BCUT2D eigenvalue weighted by molar-refractivity contribution is 5.75. The Hall–Kier alpha value is -0.610. The first-order chi connectivity index (χ1) is 8.22. The zero-order chi connectivity index (χ0) is 12.5. The van der Waals surface area contributed by atoms with Crippen LogP contribution in [-0.2, 0) is 9.53 Å². The summed E-state index contributed by atoms with van der Waals surface area (Å²) in [6.45, 7) is 7.47. The molecule has 0 bridgehead atoms. The van der Waals surface area contributed by atoms with Gasteiger partial charge in [0, 0.05) is 19.6 Å². The third kappa shape index (κ3) is 6.64. The lowest BCUT2D eigenvalue weighted by atomic mass is 9.94. The molecule has 2 N–H and O–H groups in total. The maximum absolute atomic E-state index is 11.6. The van der Waals surface area contributed by atoms with Crippen molar-refractivity contribution >= 4 is 5.91 Å². The first kappa shape index (κ1) is 14.5. The number of carbonyl (C=O) groups excluding carboxylic acids is 1. The molecule has 1 saturated heterocycles. The molecule has 0 aromatic heterocycles. The molecule has 0 aromatic carbocycles. The van der Waals surface area contributed by atoms with E-state index in [-0.39, 0.29) is 12.0 Å². The summed E-state index contributed by atoms with van der Waals surface area (Å²) in [5.74, 6) is 0.834. The van der Waals surface area contributed by atoms with Crippen LogP contribution in [0.15, 0.2) is 0 Å². The van der Waals surface area contributed by atoms with Crippen LogP contribution >= 0.6 is 0 Å². The third-order valence-corrected chi connectivity index (χ3v) is 3.22. The average molecular weight is 242 g/mol. The van der Waals surface area contributed by atoms with Crippen LogP contribution in [0.2, 0.25) is 0 Å². The second-order valence-corrected chi connectivity index (χ2v) is 4.82. The van der Waals surface area contributed by atoms with Crippen LogP contribution in [0, 0.1) is 5.92 Å². The molecule has 4 nitrogen and oxygen atoms in total. The van der Waals surface area contributed by atoms with Crippen LogP contribution in [0.4, 0.5) is 0 Å². The summed E-state index contributed by atoms with van der Waals surface area (Å²) in [5.41, 5.74) is 0. The molecule has 100 valence electrons.